The smallest absolute Gasteiger partial charge is 0.116 e. The Morgan fingerprint density at radius 2 is 2.00 bits per heavy atom. The van der Waals surface area contributed by atoms with Gasteiger partial charge in [-0.1, -0.05) is 5.22 Å². The zero-order valence-electron chi connectivity index (χ0n) is 6.92. The fourth-order valence-electron chi connectivity index (χ4n) is 0.654. The van der Waals surface area contributed by atoms with Crippen molar-refractivity contribution in [3.05, 3.63) is 0 Å². The van der Waals surface area contributed by atoms with Gasteiger partial charge < -0.3 is 0 Å². The summed E-state index contributed by atoms with van der Waals surface area (Å²) in [5, 5.41) is 16.2. The second kappa shape index (κ2) is 3.98. The Bertz CT molecular complexity index is 139. The summed E-state index contributed by atoms with van der Waals surface area (Å²) in [6.07, 6.45) is 0. The minimum Gasteiger partial charge on any atom is -0.287 e. The first-order chi connectivity index (χ1) is 4.59. The van der Waals surface area contributed by atoms with Crippen molar-refractivity contribution in [3.63, 3.8) is 0 Å². The van der Waals surface area contributed by atoms with Crippen LogP contribution in [0.3, 0.4) is 0 Å². The summed E-state index contributed by atoms with van der Waals surface area (Å²) < 4.78 is 0. The van der Waals surface area contributed by atoms with Gasteiger partial charge in [0.15, 0.2) is 0 Å². The van der Waals surface area contributed by atoms with E-state index < -0.39 is 0 Å². The average molecular weight is 142 g/mol. The van der Waals surface area contributed by atoms with Crippen molar-refractivity contribution in [2.45, 2.75) is 26.8 Å². The molecule has 0 aromatic carbocycles. The highest BCUT2D eigenvalue weighted by Crippen LogP contribution is 1.99. The molecule has 0 spiro atoms. The second-order valence-corrected chi connectivity index (χ2v) is 2.31. The Hall–Kier alpha value is -0.930. The highest BCUT2D eigenvalue weighted by Gasteiger charge is 2.06. The lowest BCUT2D eigenvalue weighted by Gasteiger charge is -2.19. The standard InChI is InChI=1S/C6H14N4/c1-5(2)10(6(3)7)9-8-4/h5,7H,1-4H3. The lowest BCUT2D eigenvalue weighted by atomic mass is 10.4. The molecule has 10 heavy (non-hydrogen) atoms. The van der Waals surface area contributed by atoms with Crippen LogP contribution in [0.1, 0.15) is 20.8 Å². The first kappa shape index (κ1) is 9.07. The molecule has 0 aromatic rings. The van der Waals surface area contributed by atoms with Gasteiger partial charge in [0.1, 0.15) is 5.84 Å². The van der Waals surface area contributed by atoms with Crippen LogP contribution >= 0.6 is 0 Å². The van der Waals surface area contributed by atoms with Gasteiger partial charge in [-0.3, -0.25) is 5.41 Å². The van der Waals surface area contributed by atoms with E-state index in [9.17, 15) is 0 Å². The number of nitrogens with one attached hydrogen (secondary N) is 1. The van der Waals surface area contributed by atoms with Crippen molar-refractivity contribution < 1.29 is 0 Å². The first-order valence-electron chi connectivity index (χ1n) is 3.23. The zero-order chi connectivity index (χ0) is 8.15. The van der Waals surface area contributed by atoms with Crippen molar-refractivity contribution in [2.24, 2.45) is 10.3 Å². The molecule has 0 heterocycles. The third-order valence-electron chi connectivity index (χ3n) is 1.02. The van der Waals surface area contributed by atoms with Crippen molar-refractivity contribution in [1.29, 1.82) is 5.41 Å². The number of amidine groups is 1. The van der Waals surface area contributed by atoms with Gasteiger partial charge in [-0.25, -0.2) is 5.01 Å². The van der Waals surface area contributed by atoms with E-state index in [1.807, 2.05) is 13.8 Å². The van der Waals surface area contributed by atoms with Crippen LogP contribution in [0.4, 0.5) is 0 Å². The van der Waals surface area contributed by atoms with E-state index >= 15 is 0 Å². The van der Waals surface area contributed by atoms with Crippen LogP contribution in [0, 0.1) is 5.41 Å². The van der Waals surface area contributed by atoms with E-state index in [1.54, 1.807) is 19.0 Å². The highest BCUT2D eigenvalue weighted by atomic mass is 15.6. The molecule has 0 bridgehead atoms. The van der Waals surface area contributed by atoms with Gasteiger partial charge in [0.2, 0.25) is 0 Å². The van der Waals surface area contributed by atoms with Gasteiger partial charge in [-0.15, -0.1) is 0 Å². The van der Waals surface area contributed by atoms with E-state index in [0.29, 0.717) is 5.84 Å². The molecule has 0 radical (unpaired) electrons. The zero-order valence-corrected chi connectivity index (χ0v) is 6.92. The van der Waals surface area contributed by atoms with Gasteiger partial charge in [0, 0.05) is 6.04 Å². The number of rotatable bonds is 2. The fourth-order valence-corrected chi connectivity index (χ4v) is 0.654. The molecule has 0 aliphatic carbocycles. The van der Waals surface area contributed by atoms with Gasteiger partial charge in [0.25, 0.3) is 0 Å². The van der Waals surface area contributed by atoms with Crippen LogP contribution in [0.25, 0.3) is 0 Å². The summed E-state index contributed by atoms with van der Waals surface area (Å²) in [6.45, 7) is 5.62. The van der Waals surface area contributed by atoms with Crippen LogP contribution in [-0.4, -0.2) is 23.9 Å². The molecule has 4 nitrogen and oxygen atoms in total. The highest BCUT2D eigenvalue weighted by molar-refractivity contribution is 5.76. The number of hydrogen-bond donors (Lipinski definition) is 1. The molecule has 0 rings (SSSR count). The SMILES string of the molecule is CN=NN(C(C)=N)C(C)C. The summed E-state index contributed by atoms with van der Waals surface area (Å²) in [4.78, 5) is 0. The maximum Gasteiger partial charge on any atom is 0.116 e. The lowest BCUT2D eigenvalue weighted by molar-refractivity contribution is 0.340. The first-order valence-corrected chi connectivity index (χ1v) is 3.23. The third kappa shape index (κ3) is 2.57. The lowest BCUT2D eigenvalue weighted by Crippen LogP contribution is -2.28. The summed E-state index contributed by atoms with van der Waals surface area (Å²) in [7, 11) is 1.60. The molecule has 4 heteroatoms. The quantitative estimate of drug-likeness (QED) is 0.271. The maximum absolute atomic E-state index is 7.26. The van der Waals surface area contributed by atoms with Crippen molar-refractivity contribution >= 4 is 5.84 Å². The molecule has 0 atom stereocenters. The topological polar surface area (TPSA) is 51.8 Å². The van der Waals surface area contributed by atoms with E-state index in [2.05, 4.69) is 10.3 Å². The predicted molar refractivity (Wildman–Crippen MR) is 41.2 cm³/mol. The van der Waals surface area contributed by atoms with Crippen LogP contribution in [0.2, 0.25) is 0 Å². The van der Waals surface area contributed by atoms with Gasteiger partial charge in [-0.05, 0) is 20.8 Å². The molecule has 0 unspecified atom stereocenters. The summed E-state index contributed by atoms with van der Waals surface area (Å²) in [5.41, 5.74) is 0. The molecular weight excluding hydrogens is 128 g/mol. The predicted octanol–water partition coefficient (Wildman–Crippen LogP) is 1.69. The molecule has 0 aliphatic heterocycles. The Morgan fingerprint density at radius 3 is 2.10 bits per heavy atom. The number of nitrogens with zero attached hydrogens (tertiary/aromatic N) is 3. The Labute approximate surface area is 61.4 Å². The van der Waals surface area contributed by atoms with Crippen molar-refractivity contribution in [1.82, 2.24) is 5.01 Å². The van der Waals surface area contributed by atoms with Gasteiger partial charge in [-0.2, -0.15) is 5.11 Å². The molecule has 0 amide bonds. The normalized spacial score (nSPS) is 10.9. The fraction of sp³-hybridized carbons (Fsp3) is 0.833. The third-order valence-corrected chi connectivity index (χ3v) is 1.02. The van der Waals surface area contributed by atoms with E-state index in [0.717, 1.165) is 0 Å². The molecule has 0 saturated heterocycles. The summed E-state index contributed by atoms with van der Waals surface area (Å²) >= 11 is 0. The van der Waals surface area contributed by atoms with Crippen LogP contribution in [0.5, 0.6) is 0 Å². The van der Waals surface area contributed by atoms with Crippen LogP contribution in [0.15, 0.2) is 10.3 Å². The molecule has 58 valence electrons. The Balaban J connectivity index is 4.12. The molecule has 1 N–H and O–H groups in total. The average Bonchev–Trinajstić information content (AvgIpc) is 1.81. The Kier molecular flexibility index (Phi) is 3.61. The van der Waals surface area contributed by atoms with Gasteiger partial charge in [0.05, 0.1) is 7.05 Å². The van der Waals surface area contributed by atoms with E-state index in [1.165, 1.54) is 0 Å². The minimum atomic E-state index is 0.209. The molecule has 0 fully saturated rings. The Morgan fingerprint density at radius 1 is 1.50 bits per heavy atom. The summed E-state index contributed by atoms with van der Waals surface area (Å²) in [5.74, 6) is 0.417. The minimum absolute atomic E-state index is 0.209. The van der Waals surface area contributed by atoms with E-state index in [4.69, 9.17) is 5.41 Å². The maximum atomic E-state index is 7.26. The summed E-state index contributed by atoms with van der Waals surface area (Å²) in [6, 6.07) is 0.209. The largest absolute Gasteiger partial charge is 0.287 e. The van der Waals surface area contributed by atoms with Crippen LogP contribution in [-0.2, 0) is 0 Å². The second-order valence-electron chi connectivity index (χ2n) is 2.31. The van der Waals surface area contributed by atoms with Crippen molar-refractivity contribution in [2.75, 3.05) is 7.05 Å². The molecule has 0 saturated carbocycles. The monoisotopic (exact) mass is 142 g/mol. The number of hydrogen-bond acceptors (Lipinski definition) is 3. The van der Waals surface area contributed by atoms with E-state index in [-0.39, 0.29) is 6.04 Å². The van der Waals surface area contributed by atoms with Crippen LogP contribution < -0.4 is 0 Å². The van der Waals surface area contributed by atoms with Gasteiger partial charge >= 0.3 is 0 Å². The molecule has 0 aromatic heterocycles. The molecular formula is C6H14N4. The van der Waals surface area contributed by atoms with Crippen molar-refractivity contribution in [3.8, 4) is 0 Å². The molecule has 0 aliphatic rings.